The average molecular weight is 364 g/mol. The second-order valence-corrected chi connectivity index (χ2v) is 4.82. The Morgan fingerprint density at radius 1 is 1.05 bits per heavy atom. The second kappa shape index (κ2) is 5.72. The molecule has 110 valence electrons. The third kappa shape index (κ3) is 2.99. The molecular formula is C13H6BrF4NO2. The third-order valence-corrected chi connectivity index (χ3v) is 3.16. The quantitative estimate of drug-likeness (QED) is 0.626. The Hall–Kier alpha value is -2.09. The molecule has 0 saturated heterocycles. The zero-order chi connectivity index (χ0) is 15.7. The maximum absolute atomic E-state index is 13.6. The predicted octanol–water partition coefficient (Wildman–Crippen LogP) is 3.96. The summed E-state index contributed by atoms with van der Waals surface area (Å²) in [7, 11) is 0. The van der Waals surface area contributed by atoms with Gasteiger partial charge in [0.1, 0.15) is 5.82 Å². The molecule has 0 saturated carbocycles. The minimum absolute atomic E-state index is 0.0499. The van der Waals surface area contributed by atoms with E-state index in [2.05, 4.69) is 21.2 Å². The maximum atomic E-state index is 13.6. The zero-order valence-electron chi connectivity index (χ0n) is 10.1. The topological polar surface area (TPSA) is 49.3 Å². The number of rotatable bonds is 2. The largest absolute Gasteiger partial charge is 0.503 e. The van der Waals surface area contributed by atoms with Gasteiger partial charge in [-0.3, -0.25) is 4.79 Å². The van der Waals surface area contributed by atoms with Gasteiger partial charge in [0.25, 0.3) is 5.91 Å². The van der Waals surface area contributed by atoms with Crippen molar-refractivity contribution in [1.82, 2.24) is 0 Å². The van der Waals surface area contributed by atoms with Crippen LogP contribution in [0.25, 0.3) is 0 Å². The molecule has 21 heavy (non-hydrogen) atoms. The molecule has 0 atom stereocenters. The Morgan fingerprint density at radius 2 is 1.71 bits per heavy atom. The second-order valence-electron chi connectivity index (χ2n) is 3.97. The van der Waals surface area contributed by atoms with Crippen LogP contribution in [0, 0.1) is 23.3 Å². The molecule has 2 N–H and O–H groups in total. The number of phenolic OH excluding ortho intramolecular Hbond substituents is 1. The molecule has 0 aliphatic rings. The Morgan fingerprint density at radius 3 is 2.33 bits per heavy atom. The van der Waals surface area contributed by atoms with Crippen molar-refractivity contribution in [2.45, 2.75) is 0 Å². The normalized spacial score (nSPS) is 10.5. The van der Waals surface area contributed by atoms with Gasteiger partial charge in [0.2, 0.25) is 5.82 Å². The fourth-order valence-electron chi connectivity index (χ4n) is 1.53. The summed E-state index contributed by atoms with van der Waals surface area (Å²) >= 11 is 2.89. The highest BCUT2D eigenvalue weighted by Crippen LogP contribution is 2.27. The average Bonchev–Trinajstić information content (AvgIpc) is 2.44. The van der Waals surface area contributed by atoms with Gasteiger partial charge < -0.3 is 10.4 Å². The lowest BCUT2D eigenvalue weighted by Crippen LogP contribution is -2.15. The molecule has 0 aliphatic carbocycles. The molecule has 0 aliphatic heterocycles. The number of benzene rings is 2. The van der Waals surface area contributed by atoms with Gasteiger partial charge in [-0.1, -0.05) is 0 Å². The zero-order valence-corrected chi connectivity index (χ0v) is 11.6. The van der Waals surface area contributed by atoms with Crippen LogP contribution in [0.5, 0.6) is 5.75 Å². The summed E-state index contributed by atoms with van der Waals surface area (Å²) in [6.45, 7) is 0. The number of phenols is 1. The van der Waals surface area contributed by atoms with E-state index in [0.717, 1.165) is 6.07 Å². The molecule has 3 nitrogen and oxygen atoms in total. The van der Waals surface area contributed by atoms with Crippen LogP contribution in [0.15, 0.2) is 28.7 Å². The van der Waals surface area contributed by atoms with E-state index in [1.807, 2.05) is 0 Å². The Balaban J connectivity index is 2.35. The van der Waals surface area contributed by atoms with Gasteiger partial charge in [0.05, 0.1) is 10.0 Å². The van der Waals surface area contributed by atoms with E-state index in [0.29, 0.717) is 6.07 Å². The molecular weight excluding hydrogens is 358 g/mol. The number of nitrogens with one attached hydrogen (secondary N) is 1. The molecule has 0 fully saturated rings. The van der Waals surface area contributed by atoms with Gasteiger partial charge in [-0.25, -0.2) is 13.2 Å². The van der Waals surface area contributed by atoms with Crippen LogP contribution in [0.2, 0.25) is 0 Å². The lowest BCUT2D eigenvalue weighted by atomic mass is 10.1. The Bertz CT molecular complexity index is 737. The first-order chi connectivity index (χ1) is 9.81. The van der Waals surface area contributed by atoms with E-state index < -0.39 is 40.5 Å². The SMILES string of the molecule is O=C(Nc1ccc(F)c(Br)c1)c1cc(F)c(F)c(O)c1F. The molecule has 0 bridgehead atoms. The fourth-order valence-corrected chi connectivity index (χ4v) is 1.91. The smallest absolute Gasteiger partial charge is 0.258 e. The minimum atomic E-state index is -1.78. The van der Waals surface area contributed by atoms with E-state index in [-0.39, 0.29) is 10.2 Å². The summed E-state index contributed by atoms with van der Waals surface area (Å²) in [5, 5.41) is 11.2. The van der Waals surface area contributed by atoms with Crippen molar-refractivity contribution in [3.05, 3.63) is 57.6 Å². The van der Waals surface area contributed by atoms with Crippen LogP contribution in [0.4, 0.5) is 23.2 Å². The molecule has 1 amide bonds. The van der Waals surface area contributed by atoms with E-state index in [1.54, 1.807) is 0 Å². The van der Waals surface area contributed by atoms with Gasteiger partial charge in [-0.05, 0) is 40.2 Å². The number of amides is 1. The lowest BCUT2D eigenvalue weighted by Gasteiger charge is -2.08. The highest BCUT2D eigenvalue weighted by Gasteiger charge is 2.22. The van der Waals surface area contributed by atoms with Gasteiger partial charge >= 0.3 is 0 Å². The van der Waals surface area contributed by atoms with Crippen molar-refractivity contribution in [2.24, 2.45) is 0 Å². The van der Waals surface area contributed by atoms with E-state index in [9.17, 15) is 22.4 Å². The van der Waals surface area contributed by atoms with E-state index in [1.165, 1.54) is 12.1 Å². The summed E-state index contributed by atoms with van der Waals surface area (Å²) in [6.07, 6.45) is 0. The first kappa shape index (κ1) is 15.3. The van der Waals surface area contributed by atoms with Gasteiger partial charge in [0, 0.05) is 5.69 Å². The van der Waals surface area contributed by atoms with Gasteiger partial charge in [-0.2, -0.15) is 4.39 Å². The van der Waals surface area contributed by atoms with Crippen molar-refractivity contribution >= 4 is 27.5 Å². The monoisotopic (exact) mass is 363 g/mol. The molecule has 2 rings (SSSR count). The third-order valence-electron chi connectivity index (χ3n) is 2.56. The fraction of sp³-hybridized carbons (Fsp3) is 0. The number of halogens is 5. The van der Waals surface area contributed by atoms with Crippen LogP contribution < -0.4 is 5.32 Å². The number of aromatic hydroxyl groups is 1. The van der Waals surface area contributed by atoms with Crippen LogP contribution in [-0.2, 0) is 0 Å². The van der Waals surface area contributed by atoms with Crippen LogP contribution >= 0.6 is 15.9 Å². The van der Waals surface area contributed by atoms with Crippen LogP contribution in [-0.4, -0.2) is 11.0 Å². The van der Waals surface area contributed by atoms with Crippen molar-refractivity contribution < 1.29 is 27.5 Å². The summed E-state index contributed by atoms with van der Waals surface area (Å²) in [5.74, 6) is -8.23. The van der Waals surface area contributed by atoms with E-state index in [4.69, 9.17) is 5.11 Å². The summed E-state index contributed by atoms with van der Waals surface area (Å²) < 4.78 is 52.6. The van der Waals surface area contributed by atoms with Gasteiger partial charge in [0.15, 0.2) is 17.4 Å². The molecule has 0 unspecified atom stereocenters. The standard InChI is InChI=1S/C13H6BrF4NO2/c14-7-3-5(1-2-8(7)15)19-13(21)6-4-9(16)11(18)12(20)10(6)17/h1-4,20H,(H,19,21). The molecule has 0 heterocycles. The molecule has 2 aromatic carbocycles. The number of carbonyl (C=O) groups excluding carboxylic acids is 1. The number of hydrogen-bond donors (Lipinski definition) is 2. The predicted molar refractivity (Wildman–Crippen MR) is 70.0 cm³/mol. The first-order valence-electron chi connectivity index (χ1n) is 5.44. The van der Waals surface area contributed by atoms with Crippen LogP contribution in [0.1, 0.15) is 10.4 Å². The van der Waals surface area contributed by atoms with Crippen molar-refractivity contribution in [1.29, 1.82) is 0 Å². The number of anilines is 1. The molecule has 0 aromatic heterocycles. The number of hydrogen-bond acceptors (Lipinski definition) is 2. The maximum Gasteiger partial charge on any atom is 0.258 e. The highest BCUT2D eigenvalue weighted by atomic mass is 79.9. The summed E-state index contributed by atoms with van der Waals surface area (Å²) in [5.41, 5.74) is -0.788. The molecule has 8 heteroatoms. The molecule has 2 aromatic rings. The van der Waals surface area contributed by atoms with Crippen LogP contribution in [0.3, 0.4) is 0 Å². The van der Waals surface area contributed by atoms with Gasteiger partial charge in [-0.15, -0.1) is 0 Å². The molecule has 0 spiro atoms. The summed E-state index contributed by atoms with van der Waals surface area (Å²) in [6, 6.07) is 3.75. The van der Waals surface area contributed by atoms with Crippen molar-refractivity contribution in [3.8, 4) is 5.75 Å². The Labute approximate surface area is 124 Å². The van der Waals surface area contributed by atoms with E-state index >= 15 is 0 Å². The van der Waals surface area contributed by atoms with Crippen molar-refractivity contribution in [3.63, 3.8) is 0 Å². The summed E-state index contributed by atoms with van der Waals surface area (Å²) in [4.78, 5) is 11.8. The molecule has 0 radical (unpaired) electrons. The van der Waals surface area contributed by atoms with Crippen molar-refractivity contribution in [2.75, 3.05) is 5.32 Å². The Kier molecular flexibility index (Phi) is 4.17. The highest BCUT2D eigenvalue weighted by molar-refractivity contribution is 9.10. The first-order valence-corrected chi connectivity index (χ1v) is 6.23. The lowest BCUT2D eigenvalue weighted by molar-refractivity contribution is 0.102. The minimum Gasteiger partial charge on any atom is -0.503 e. The number of carbonyl (C=O) groups is 1.